The molecule has 2 aromatic heterocycles. The summed E-state index contributed by atoms with van der Waals surface area (Å²) in [6, 6.07) is 8.00. The van der Waals surface area contributed by atoms with Gasteiger partial charge in [0.1, 0.15) is 0 Å². The van der Waals surface area contributed by atoms with Crippen LogP contribution >= 0.6 is 15.9 Å². The summed E-state index contributed by atoms with van der Waals surface area (Å²) in [7, 11) is 1.66. The Balaban J connectivity index is 2.00. The van der Waals surface area contributed by atoms with E-state index < -0.39 is 0 Å². The summed E-state index contributed by atoms with van der Waals surface area (Å²) in [6.07, 6.45) is 0. The normalized spacial score (nSPS) is 16.4. The van der Waals surface area contributed by atoms with Gasteiger partial charge in [-0.25, -0.2) is 4.79 Å². The third kappa shape index (κ3) is 2.92. The first kappa shape index (κ1) is 18.7. The zero-order chi connectivity index (χ0) is 20.2. The largest absolute Gasteiger partial charge is 0.332 e. The van der Waals surface area contributed by atoms with Crippen molar-refractivity contribution in [2.24, 2.45) is 13.0 Å². The molecule has 0 N–H and O–H groups in total. The quantitative estimate of drug-likeness (QED) is 0.583. The zero-order valence-corrected chi connectivity index (χ0v) is 17.7. The highest BCUT2D eigenvalue weighted by Crippen LogP contribution is 2.33. The molecule has 0 saturated heterocycles. The van der Waals surface area contributed by atoms with E-state index in [9.17, 15) is 9.59 Å². The fraction of sp³-hybridized carbons (Fsp3) is 0.350. The van der Waals surface area contributed by atoms with Crippen LogP contribution in [0.2, 0.25) is 0 Å². The summed E-state index contributed by atoms with van der Waals surface area (Å²) in [5, 5.41) is 0. The number of rotatable bonds is 3. The summed E-state index contributed by atoms with van der Waals surface area (Å²) in [4.78, 5) is 32.7. The number of allylic oxidation sites excluding steroid dienone is 1. The molecule has 1 aromatic carbocycles. The number of imidazole rings is 1. The molecule has 1 aliphatic heterocycles. The molecular weight excluding hydrogens is 422 g/mol. The second-order valence-electron chi connectivity index (χ2n) is 7.58. The molecule has 0 bridgehead atoms. The maximum absolute atomic E-state index is 13.2. The first-order valence-electron chi connectivity index (χ1n) is 9.15. The molecule has 0 aliphatic carbocycles. The Bertz CT molecular complexity index is 1200. The van der Waals surface area contributed by atoms with Crippen LogP contribution in [0.25, 0.3) is 11.2 Å². The predicted octanol–water partition coefficient (Wildman–Crippen LogP) is 3.02. The third-order valence-corrected chi connectivity index (χ3v) is 5.54. The smallest absolute Gasteiger partial charge is 0.312 e. The van der Waals surface area contributed by atoms with Gasteiger partial charge < -0.3 is 9.47 Å². The lowest BCUT2D eigenvalue weighted by molar-refractivity contribution is 0.458. The second kappa shape index (κ2) is 6.77. The van der Waals surface area contributed by atoms with E-state index in [1.165, 1.54) is 9.13 Å². The molecule has 0 saturated carbocycles. The molecule has 0 spiro atoms. The zero-order valence-electron chi connectivity index (χ0n) is 16.1. The number of aryl methyl sites for hydroxylation is 1. The Labute approximate surface area is 170 Å². The summed E-state index contributed by atoms with van der Waals surface area (Å²) in [5.74, 6) is 1.01. The van der Waals surface area contributed by atoms with Gasteiger partial charge in [-0.15, -0.1) is 0 Å². The van der Waals surface area contributed by atoms with Gasteiger partial charge in [0.25, 0.3) is 5.56 Å². The number of aromatic nitrogens is 4. The maximum Gasteiger partial charge on any atom is 0.332 e. The van der Waals surface area contributed by atoms with Gasteiger partial charge in [-0.2, -0.15) is 4.98 Å². The molecule has 146 valence electrons. The number of hydrogen-bond donors (Lipinski definition) is 0. The van der Waals surface area contributed by atoms with E-state index in [1.54, 1.807) is 14.0 Å². The van der Waals surface area contributed by atoms with E-state index in [4.69, 9.17) is 4.98 Å². The van der Waals surface area contributed by atoms with E-state index in [0.717, 1.165) is 22.3 Å². The van der Waals surface area contributed by atoms with Crippen LogP contribution in [-0.4, -0.2) is 25.2 Å². The van der Waals surface area contributed by atoms with Gasteiger partial charge in [0, 0.05) is 30.3 Å². The molecule has 4 rings (SSSR count). The van der Waals surface area contributed by atoms with Gasteiger partial charge in [0.15, 0.2) is 11.2 Å². The average molecular weight is 444 g/mol. The van der Waals surface area contributed by atoms with E-state index in [1.807, 2.05) is 28.8 Å². The lowest BCUT2D eigenvalue weighted by atomic mass is 10.1. The van der Waals surface area contributed by atoms with Crippen molar-refractivity contribution in [3.05, 3.63) is 61.7 Å². The minimum atomic E-state index is -0.376. The van der Waals surface area contributed by atoms with Crippen LogP contribution in [0.5, 0.6) is 0 Å². The molecule has 3 aromatic rings. The number of halogens is 1. The van der Waals surface area contributed by atoms with Crippen molar-refractivity contribution < 1.29 is 0 Å². The monoisotopic (exact) mass is 443 g/mol. The summed E-state index contributed by atoms with van der Waals surface area (Å²) >= 11 is 3.47. The van der Waals surface area contributed by atoms with Gasteiger partial charge >= 0.3 is 5.69 Å². The molecule has 8 heteroatoms. The van der Waals surface area contributed by atoms with Crippen molar-refractivity contribution in [1.29, 1.82) is 0 Å². The van der Waals surface area contributed by atoms with Crippen molar-refractivity contribution in [2.45, 2.75) is 26.9 Å². The van der Waals surface area contributed by atoms with Crippen LogP contribution in [0.15, 0.2) is 50.5 Å². The lowest BCUT2D eigenvalue weighted by Crippen LogP contribution is -2.40. The summed E-state index contributed by atoms with van der Waals surface area (Å²) in [6.45, 7) is 9.47. The topological polar surface area (TPSA) is 65.1 Å². The van der Waals surface area contributed by atoms with E-state index in [2.05, 4.69) is 34.3 Å². The number of hydrogen-bond acceptors (Lipinski definition) is 4. The van der Waals surface area contributed by atoms with Crippen LogP contribution in [0, 0.1) is 5.92 Å². The summed E-state index contributed by atoms with van der Waals surface area (Å²) in [5.41, 5.74) is 1.94. The highest BCUT2D eigenvalue weighted by Gasteiger charge is 2.29. The van der Waals surface area contributed by atoms with Gasteiger partial charge in [0.2, 0.25) is 5.95 Å². The first-order valence-corrected chi connectivity index (χ1v) is 9.94. The molecule has 0 amide bonds. The van der Waals surface area contributed by atoms with Crippen molar-refractivity contribution >= 4 is 38.7 Å². The number of benzene rings is 1. The maximum atomic E-state index is 13.2. The van der Waals surface area contributed by atoms with Crippen molar-refractivity contribution in [1.82, 2.24) is 18.7 Å². The lowest BCUT2D eigenvalue weighted by Gasteiger charge is -2.33. The Morgan fingerprint density at radius 3 is 2.57 bits per heavy atom. The molecule has 7 nitrogen and oxygen atoms in total. The van der Waals surface area contributed by atoms with Gasteiger partial charge in [-0.1, -0.05) is 35.0 Å². The molecule has 28 heavy (non-hydrogen) atoms. The Morgan fingerprint density at radius 2 is 1.93 bits per heavy atom. The Kier molecular flexibility index (Phi) is 4.53. The molecule has 0 radical (unpaired) electrons. The van der Waals surface area contributed by atoms with Gasteiger partial charge in [0.05, 0.1) is 6.54 Å². The van der Waals surface area contributed by atoms with Crippen molar-refractivity contribution in [3.8, 4) is 0 Å². The van der Waals surface area contributed by atoms with Crippen molar-refractivity contribution in [3.63, 3.8) is 0 Å². The minimum absolute atomic E-state index is 0.202. The average Bonchev–Trinajstić information content (AvgIpc) is 3.03. The van der Waals surface area contributed by atoms with Crippen molar-refractivity contribution in [2.75, 3.05) is 11.4 Å². The molecule has 1 aliphatic rings. The molecular formula is C20H22BrN5O2. The van der Waals surface area contributed by atoms with Crippen LogP contribution < -0.4 is 16.1 Å². The third-order valence-electron chi connectivity index (χ3n) is 5.01. The predicted molar refractivity (Wildman–Crippen MR) is 114 cm³/mol. The molecule has 3 heterocycles. The van der Waals surface area contributed by atoms with Crippen LogP contribution in [0.4, 0.5) is 11.6 Å². The Morgan fingerprint density at radius 1 is 1.25 bits per heavy atom. The molecule has 1 atom stereocenters. The van der Waals surface area contributed by atoms with Crippen LogP contribution in [-0.2, 0) is 20.1 Å². The van der Waals surface area contributed by atoms with E-state index in [0.29, 0.717) is 29.6 Å². The number of anilines is 2. The number of fused-ring (bicyclic) bond motifs is 3. The minimum Gasteiger partial charge on any atom is -0.312 e. The second-order valence-corrected chi connectivity index (χ2v) is 8.49. The molecule has 0 fully saturated rings. The van der Waals surface area contributed by atoms with Gasteiger partial charge in [-0.05, 0) is 37.1 Å². The summed E-state index contributed by atoms with van der Waals surface area (Å²) < 4.78 is 5.64. The number of nitrogens with zero attached hydrogens (tertiary/aromatic N) is 5. The van der Waals surface area contributed by atoms with E-state index >= 15 is 0 Å². The fourth-order valence-electron chi connectivity index (χ4n) is 3.75. The van der Waals surface area contributed by atoms with Gasteiger partial charge in [-0.3, -0.25) is 13.9 Å². The standard InChI is InChI=1S/C20H22BrN5O2/c1-12(2)9-26-18(27)16-17(23(4)20(26)28)22-19-24(10-13(3)11-25(16)19)15-7-5-14(21)6-8-15/h5-8,13H,1,9-11H2,2-4H3. The highest BCUT2D eigenvalue weighted by molar-refractivity contribution is 9.10. The fourth-order valence-corrected chi connectivity index (χ4v) is 4.02. The Hall–Kier alpha value is -2.61. The van der Waals surface area contributed by atoms with Crippen LogP contribution in [0.1, 0.15) is 13.8 Å². The first-order chi connectivity index (χ1) is 13.3. The molecule has 1 unspecified atom stereocenters. The SMILES string of the molecule is C=C(C)Cn1c(=O)c2c(nc3n2CC(C)CN3c2ccc(Br)cc2)n(C)c1=O. The van der Waals surface area contributed by atoms with E-state index in [-0.39, 0.29) is 17.8 Å². The highest BCUT2D eigenvalue weighted by atomic mass is 79.9. The van der Waals surface area contributed by atoms with Crippen LogP contribution in [0.3, 0.4) is 0 Å².